The third-order valence-corrected chi connectivity index (χ3v) is 2.32. The van der Waals surface area contributed by atoms with Gasteiger partial charge < -0.3 is 10.7 Å². The highest BCUT2D eigenvalue weighted by atomic mass is 19.4. The Morgan fingerprint density at radius 2 is 1.67 bits per heavy atom. The number of rotatable bonds is 3. The number of anilines is 3. The number of halogens is 5. The Morgan fingerprint density at radius 1 is 1.00 bits per heavy atom. The van der Waals surface area contributed by atoms with Crippen LogP contribution in [-0.2, 0) is 6.18 Å². The summed E-state index contributed by atoms with van der Waals surface area (Å²) in [7, 11) is 0. The molecule has 0 saturated carbocycles. The van der Waals surface area contributed by atoms with Crippen molar-refractivity contribution in [3.63, 3.8) is 0 Å². The minimum absolute atomic E-state index is 0.244. The average Bonchev–Trinajstić information content (AvgIpc) is 2.40. The Labute approximate surface area is 115 Å². The highest BCUT2D eigenvalue weighted by molar-refractivity contribution is 5.59. The first-order valence-corrected chi connectivity index (χ1v) is 5.44. The summed E-state index contributed by atoms with van der Waals surface area (Å²) in [4.78, 5) is 6.34. The molecule has 0 fully saturated rings. The summed E-state index contributed by atoms with van der Waals surface area (Å²) in [6.45, 7) is 0. The van der Waals surface area contributed by atoms with Crippen molar-refractivity contribution in [3.05, 3.63) is 41.7 Å². The van der Waals surface area contributed by atoms with Gasteiger partial charge in [0.15, 0.2) is 0 Å². The van der Waals surface area contributed by atoms with Gasteiger partial charge in [0.1, 0.15) is 23.3 Å². The highest BCUT2D eigenvalue weighted by Gasteiger charge is 2.35. The van der Waals surface area contributed by atoms with Gasteiger partial charge in [-0.3, -0.25) is 0 Å². The molecule has 0 atom stereocenters. The van der Waals surface area contributed by atoms with Gasteiger partial charge in [-0.15, -0.1) is 0 Å². The minimum atomic E-state index is -4.80. The van der Waals surface area contributed by atoms with Gasteiger partial charge in [-0.2, -0.15) is 13.2 Å². The van der Waals surface area contributed by atoms with E-state index in [9.17, 15) is 22.0 Å². The molecule has 0 aliphatic heterocycles. The molecule has 1 aromatic carbocycles. The summed E-state index contributed by atoms with van der Waals surface area (Å²) in [6.07, 6.45) is -4.80. The van der Waals surface area contributed by atoms with E-state index >= 15 is 0 Å². The third-order valence-electron chi connectivity index (χ3n) is 2.32. The van der Waals surface area contributed by atoms with Crippen LogP contribution in [0.2, 0.25) is 0 Å². The van der Waals surface area contributed by atoms with Crippen LogP contribution in [0.1, 0.15) is 5.82 Å². The van der Waals surface area contributed by atoms with Crippen LogP contribution in [0, 0.1) is 11.6 Å². The minimum Gasteiger partial charge on any atom is -0.338 e. The van der Waals surface area contributed by atoms with Crippen LogP contribution in [0.15, 0.2) is 24.3 Å². The van der Waals surface area contributed by atoms with Crippen molar-refractivity contribution < 1.29 is 22.0 Å². The maximum Gasteiger partial charge on any atom is 0.451 e. The van der Waals surface area contributed by atoms with Crippen molar-refractivity contribution >= 4 is 17.3 Å². The van der Waals surface area contributed by atoms with Crippen molar-refractivity contribution in [3.8, 4) is 0 Å². The summed E-state index contributed by atoms with van der Waals surface area (Å²) in [5, 5.41) is 2.30. The van der Waals surface area contributed by atoms with E-state index < -0.39 is 23.6 Å². The Morgan fingerprint density at radius 3 is 2.24 bits per heavy atom. The van der Waals surface area contributed by atoms with Crippen molar-refractivity contribution in [2.45, 2.75) is 6.18 Å². The molecular formula is C11H8F5N5. The normalized spacial score (nSPS) is 11.3. The van der Waals surface area contributed by atoms with Crippen LogP contribution in [0.3, 0.4) is 0 Å². The van der Waals surface area contributed by atoms with Crippen molar-refractivity contribution in [1.29, 1.82) is 0 Å². The predicted molar refractivity (Wildman–Crippen MR) is 64.5 cm³/mol. The van der Waals surface area contributed by atoms with E-state index in [1.165, 1.54) is 0 Å². The quantitative estimate of drug-likeness (QED) is 0.462. The van der Waals surface area contributed by atoms with Crippen molar-refractivity contribution in [2.24, 2.45) is 5.84 Å². The van der Waals surface area contributed by atoms with Crippen LogP contribution < -0.4 is 16.6 Å². The molecule has 112 valence electrons. The van der Waals surface area contributed by atoms with Gasteiger partial charge in [0.25, 0.3) is 0 Å². The molecule has 1 heterocycles. The van der Waals surface area contributed by atoms with Gasteiger partial charge >= 0.3 is 6.18 Å². The molecule has 0 bridgehead atoms. The fourth-order valence-corrected chi connectivity index (χ4v) is 1.44. The fourth-order valence-electron chi connectivity index (χ4n) is 1.44. The zero-order valence-corrected chi connectivity index (χ0v) is 10.2. The van der Waals surface area contributed by atoms with Crippen LogP contribution >= 0.6 is 0 Å². The molecule has 0 unspecified atom stereocenters. The number of hydrazine groups is 1. The van der Waals surface area contributed by atoms with Crippen LogP contribution in [-0.4, -0.2) is 9.97 Å². The molecule has 0 aliphatic rings. The molecule has 0 amide bonds. The molecule has 4 N–H and O–H groups in total. The number of nitrogen functional groups attached to an aromatic ring is 1. The average molecular weight is 305 g/mol. The van der Waals surface area contributed by atoms with E-state index in [2.05, 4.69) is 15.3 Å². The molecule has 0 aliphatic carbocycles. The number of nitrogens with two attached hydrogens (primary N) is 1. The number of alkyl halides is 3. The van der Waals surface area contributed by atoms with E-state index in [1.807, 2.05) is 5.43 Å². The van der Waals surface area contributed by atoms with Gasteiger partial charge in [-0.25, -0.2) is 24.6 Å². The van der Waals surface area contributed by atoms with Crippen LogP contribution in [0.4, 0.5) is 39.3 Å². The Bertz CT molecular complexity index is 658. The summed E-state index contributed by atoms with van der Waals surface area (Å²) in [5.74, 6) is 1.09. The van der Waals surface area contributed by atoms with E-state index in [1.54, 1.807) is 0 Å². The summed E-state index contributed by atoms with van der Waals surface area (Å²) in [5.41, 5.74) is 1.70. The number of benzene rings is 1. The first kappa shape index (κ1) is 14.9. The molecule has 1 aromatic heterocycles. The zero-order chi connectivity index (χ0) is 15.6. The molecule has 0 saturated heterocycles. The summed E-state index contributed by atoms with van der Waals surface area (Å²) in [6, 6.07) is 3.59. The van der Waals surface area contributed by atoms with E-state index in [0.29, 0.717) is 6.07 Å². The number of hydrogen-bond donors (Lipinski definition) is 3. The fraction of sp³-hybridized carbons (Fsp3) is 0.0909. The molecular weight excluding hydrogens is 297 g/mol. The van der Waals surface area contributed by atoms with Gasteiger partial charge in [-0.05, 0) is 12.1 Å². The van der Waals surface area contributed by atoms with E-state index in [0.717, 1.165) is 18.2 Å². The van der Waals surface area contributed by atoms with Crippen molar-refractivity contribution in [1.82, 2.24) is 9.97 Å². The molecule has 21 heavy (non-hydrogen) atoms. The molecule has 2 aromatic rings. The number of aromatic nitrogens is 2. The van der Waals surface area contributed by atoms with Gasteiger partial charge in [0, 0.05) is 12.1 Å². The third kappa shape index (κ3) is 3.54. The van der Waals surface area contributed by atoms with Crippen molar-refractivity contribution in [2.75, 3.05) is 10.7 Å². The Balaban J connectivity index is 2.39. The molecule has 0 spiro atoms. The molecule has 5 nitrogen and oxygen atoms in total. The lowest BCUT2D eigenvalue weighted by atomic mass is 10.3. The van der Waals surface area contributed by atoms with E-state index in [-0.39, 0.29) is 17.3 Å². The lowest BCUT2D eigenvalue weighted by Gasteiger charge is -2.11. The van der Waals surface area contributed by atoms with Crippen LogP contribution in [0.25, 0.3) is 0 Å². The summed E-state index contributed by atoms with van der Waals surface area (Å²) >= 11 is 0. The number of nitrogens with one attached hydrogen (secondary N) is 2. The monoisotopic (exact) mass is 305 g/mol. The largest absolute Gasteiger partial charge is 0.451 e. The second-order valence-electron chi connectivity index (χ2n) is 3.85. The summed E-state index contributed by atoms with van der Waals surface area (Å²) < 4.78 is 64.0. The number of nitrogens with zero attached hydrogens (tertiary/aromatic N) is 2. The lowest BCUT2D eigenvalue weighted by molar-refractivity contribution is -0.144. The SMILES string of the molecule is NNc1cc(Nc2ccc(F)cc2F)nc(C(F)(F)F)n1. The molecule has 0 radical (unpaired) electrons. The molecule has 10 heteroatoms. The maximum absolute atomic E-state index is 13.4. The smallest absolute Gasteiger partial charge is 0.338 e. The first-order valence-electron chi connectivity index (χ1n) is 5.44. The van der Waals surface area contributed by atoms with Crippen LogP contribution in [0.5, 0.6) is 0 Å². The topological polar surface area (TPSA) is 75.9 Å². The van der Waals surface area contributed by atoms with E-state index in [4.69, 9.17) is 5.84 Å². The number of hydrogen-bond acceptors (Lipinski definition) is 5. The predicted octanol–water partition coefficient (Wildman–Crippen LogP) is 2.80. The first-order chi connectivity index (χ1) is 9.79. The van der Waals surface area contributed by atoms with Gasteiger partial charge in [0.05, 0.1) is 5.69 Å². The molecule has 2 rings (SSSR count). The van der Waals surface area contributed by atoms with Gasteiger partial charge in [-0.1, -0.05) is 0 Å². The Kier molecular flexibility index (Phi) is 3.89. The second-order valence-corrected chi connectivity index (χ2v) is 3.85. The highest BCUT2D eigenvalue weighted by Crippen LogP contribution is 2.29. The standard InChI is InChI=1S/C11H8F5N5/c12-5-1-2-7(6(13)3-5)18-8-4-9(21-17)20-10(19-8)11(14,15)16/h1-4H,17H2,(H2,18,19,20,21). The maximum atomic E-state index is 13.4. The zero-order valence-electron chi connectivity index (χ0n) is 10.2. The second kappa shape index (κ2) is 5.48. The lowest BCUT2D eigenvalue weighted by Crippen LogP contribution is -2.16. The Hall–Kier alpha value is -2.49. The van der Waals surface area contributed by atoms with Gasteiger partial charge in [0.2, 0.25) is 5.82 Å².